The number of ether oxygens (including phenoxy) is 2. The van der Waals surface area contributed by atoms with Crippen LogP contribution in [0.25, 0.3) is 6.08 Å². The molecule has 0 aliphatic heterocycles. The quantitative estimate of drug-likeness (QED) is 0.164. The number of carbonyl (C=O) groups excluding carboxylic acids is 1. The van der Waals surface area contributed by atoms with Crippen LogP contribution in [0.1, 0.15) is 119 Å². The number of phenols is 1. The van der Waals surface area contributed by atoms with Crippen molar-refractivity contribution in [3.05, 3.63) is 41.5 Å². The lowest BCUT2D eigenvalue weighted by atomic mass is 9.31. The number of carboxylic acid groups (broad SMARTS) is 1. The van der Waals surface area contributed by atoms with E-state index in [1.165, 1.54) is 24.8 Å². The van der Waals surface area contributed by atoms with Crippen molar-refractivity contribution in [2.75, 3.05) is 7.11 Å². The van der Waals surface area contributed by atoms with Gasteiger partial charge in [0.1, 0.15) is 6.10 Å². The van der Waals surface area contributed by atoms with Gasteiger partial charge in [0.15, 0.2) is 11.5 Å². The highest BCUT2D eigenvalue weighted by molar-refractivity contribution is 5.87. The van der Waals surface area contributed by atoms with Crippen LogP contribution in [0.4, 0.5) is 0 Å². The average Bonchev–Trinajstić information content (AvgIpc) is 2.98. The molecule has 0 unspecified atom stereocenters. The minimum absolute atomic E-state index is 0.0265. The van der Waals surface area contributed by atoms with Crippen molar-refractivity contribution >= 4 is 18.0 Å². The standard InChI is InChI=1S/C41H58O7/c1-35(2)18-20-41(34(45)46)21-19-39(7)31(40(41,8)24-35)14-13-30-37(5)23-27(43)33(36(3,4)29(37)16-17-38(30,39)6)48-32(44)15-11-25-10-12-26(42)28(22-25)47-9/h10-12,14-15,22,27,29-30,33,42-43H,13,16-21,23-24H2,1-9H3,(H,45,46)/t27-,29+,30-,33+,37+,38-,39-,40+,41-/m1/s1. The van der Waals surface area contributed by atoms with E-state index in [4.69, 9.17) is 9.47 Å². The number of hydrogen-bond acceptors (Lipinski definition) is 6. The Hall–Kier alpha value is -2.80. The number of allylic oxidation sites excluding steroid dienone is 2. The average molecular weight is 663 g/mol. The number of aliphatic hydroxyl groups excluding tert-OH is 1. The molecule has 4 saturated carbocycles. The summed E-state index contributed by atoms with van der Waals surface area (Å²) in [5.41, 5.74) is 0.211. The molecule has 0 saturated heterocycles. The van der Waals surface area contributed by atoms with Gasteiger partial charge in [0.2, 0.25) is 0 Å². The van der Waals surface area contributed by atoms with Crippen LogP contribution in [-0.2, 0) is 14.3 Å². The number of phenolic OH excluding ortho intramolecular Hbond substituents is 1. The largest absolute Gasteiger partial charge is 0.504 e. The third-order valence-electron chi connectivity index (χ3n) is 15.4. The maximum Gasteiger partial charge on any atom is 0.331 e. The van der Waals surface area contributed by atoms with Gasteiger partial charge in [0.05, 0.1) is 18.6 Å². The molecule has 3 N–H and O–H groups in total. The van der Waals surface area contributed by atoms with Crippen LogP contribution in [0.3, 0.4) is 0 Å². The lowest BCUT2D eigenvalue weighted by Gasteiger charge is -2.73. The van der Waals surface area contributed by atoms with Gasteiger partial charge in [0.25, 0.3) is 0 Å². The second-order valence-corrected chi connectivity index (χ2v) is 18.5. The SMILES string of the molecule is COc1cc(C=CC(=O)O[C@H]2[C@H](O)C[C@]3(C)[C@H]4CC=C5[C@]6(C)CC(C)(C)CC[C@]6(C(=O)O)CC[C@@]5(C)[C@]4(C)CC[C@H]3C2(C)C)ccc1O. The molecule has 9 atom stereocenters. The summed E-state index contributed by atoms with van der Waals surface area (Å²) in [4.78, 5) is 26.3. The second-order valence-electron chi connectivity index (χ2n) is 18.5. The molecule has 0 heterocycles. The van der Waals surface area contributed by atoms with Crippen molar-refractivity contribution in [1.29, 1.82) is 0 Å². The van der Waals surface area contributed by atoms with Gasteiger partial charge in [-0.3, -0.25) is 4.79 Å². The van der Waals surface area contributed by atoms with E-state index < -0.39 is 40.4 Å². The lowest BCUT2D eigenvalue weighted by Crippen LogP contribution is -2.68. The number of aliphatic carboxylic acids is 1. The Morgan fingerprint density at radius 1 is 0.917 bits per heavy atom. The van der Waals surface area contributed by atoms with E-state index in [0.717, 1.165) is 44.9 Å². The number of fused-ring (bicyclic) bond motifs is 7. The summed E-state index contributed by atoms with van der Waals surface area (Å²) in [7, 11) is 1.48. The van der Waals surface area contributed by atoms with E-state index in [9.17, 15) is 24.9 Å². The Morgan fingerprint density at radius 3 is 2.27 bits per heavy atom. The first-order valence-corrected chi connectivity index (χ1v) is 18.1. The molecule has 5 aliphatic rings. The summed E-state index contributed by atoms with van der Waals surface area (Å²) in [6.07, 6.45) is 11.6. The Morgan fingerprint density at radius 2 is 1.60 bits per heavy atom. The Labute approximate surface area is 287 Å². The molecule has 1 aromatic rings. The van der Waals surface area contributed by atoms with E-state index in [1.807, 2.05) is 0 Å². The normalized spacial score (nSPS) is 42.8. The van der Waals surface area contributed by atoms with E-state index in [0.29, 0.717) is 30.1 Å². The van der Waals surface area contributed by atoms with Crippen LogP contribution in [-0.4, -0.2) is 46.6 Å². The number of methoxy groups -OCH3 is 1. The van der Waals surface area contributed by atoms with Crippen LogP contribution in [0.15, 0.2) is 35.9 Å². The first-order chi connectivity index (χ1) is 22.2. The Bertz CT molecular complexity index is 1560. The zero-order chi connectivity index (χ0) is 35.3. The van der Waals surface area contributed by atoms with Crippen molar-refractivity contribution in [1.82, 2.24) is 0 Å². The summed E-state index contributed by atoms with van der Waals surface area (Å²) < 4.78 is 11.3. The number of carboxylic acids is 1. The highest BCUT2D eigenvalue weighted by Crippen LogP contribution is 2.78. The molecular formula is C41H58O7. The Kier molecular flexibility index (Phi) is 8.10. The third kappa shape index (κ3) is 4.75. The minimum atomic E-state index is -0.810. The van der Waals surface area contributed by atoms with Gasteiger partial charge in [-0.05, 0) is 115 Å². The Balaban J connectivity index is 1.29. The first-order valence-electron chi connectivity index (χ1n) is 18.1. The number of benzene rings is 1. The van der Waals surface area contributed by atoms with Crippen LogP contribution >= 0.6 is 0 Å². The molecule has 0 amide bonds. The van der Waals surface area contributed by atoms with Crippen molar-refractivity contribution in [2.24, 2.45) is 49.7 Å². The molecule has 7 nitrogen and oxygen atoms in total. The van der Waals surface area contributed by atoms with Gasteiger partial charge in [-0.15, -0.1) is 0 Å². The fourth-order valence-electron chi connectivity index (χ4n) is 13.0. The topological polar surface area (TPSA) is 113 Å². The molecule has 48 heavy (non-hydrogen) atoms. The van der Waals surface area contributed by atoms with Crippen molar-refractivity contribution in [2.45, 2.75) is 125 Å². The van der Waals surface area contributed by atoms with Gasteiger partial charge >= 0.3 is 11.9 Å². The third-order valence-corrected chi connectivity index (χ3v) is 15.4. The predicted molar refractivity (Wildman–Crippen MR) is 186 cm³/mol. The van der Waals surface area contributed by atoms with E-state index in [-0.39, 0.29) is 33.3 Å². The van der Waals surface area contributed by atoms with Crippen LogP contribution in [0.2, 0.25) is 0 Å². The molecular weight excluding hydrogens is 604 g/mol. The zero-order valence-corrected chi connectivity index (χ0v) is 30.6. The summed E-state index contributed by atoms with van der Waals surface area (Å²) in [6.45, 7) is 18.5. The van der Waals surface area contributed by atoms with E-state index in [2.05, 4.69) is 61.5 Å². The highest BCUT2D eigenvalue weighted by Gasteiger charge is 2.73. The molecule has 264 valence electrons. The maximum absolute atomic E-state index is 13.2. The molecule has 0 spiro atoms. The molecule has 0 aromatic heterocycles. The number of aromatic hydroxyl groups is 1. The first kappa shape index (κ1) is 35.0. The zero-order valence-electron chi connectivity index (χ0n) is 30.6. The van der Waals surface area contributed by atoms with Crippen LogP contribution in [0.5, 0.6) is 11.5 Å². The number of hydrogen-bond donors (Lipinski definition) is 3. The predicted octanol–water partition coefficient (Wildman–Crippen LogP) is 8.57. The summed E-state index contributed by atoms with van der Waals surface area (Å²) in [5.74, 6) is -0.235. The van der Waals surface area contributed by atoms with Gasteiger partial charge in [-0.2, -0.15) is 0 Å². The van der Waals surface area contributed by atoms with Gasteiger partial charge in [0, 0.05) is 16.9 Å². The van der Waals surface area contributed by atoms with Gasteiger partial charge < -0.3 is 24.8 Å². The molecule has 7 heteroatoms. The van der Waals surface area contributed by atoms with E-state index >= 15 is 0 Å². The second kappa shape index (κ2) is 11.1. The molecule has 0 bridgehead atoms. The summed E-state index contributed by atoms with van der Waals surface area (Å²) in [6, 6.07) is 4.86. The summed E-state index contributed by atoms with van der Waals surface area (Å²) in [5, 5.41) is 32.6. The van der Waals surface area contributed by atoms with Crippen LogP contribution < -0.4 is 4.74 Å². The van der Waals surface area contributed by atoms with E-state index in [1.54, 1.807) is 18.2 Å². The number of rotatable bonds is 5. The summed E-state index contributed by atoms with van der Waals surface area (Å²) >= 11 is 0. The fourth-order valence-corrected chi connectivity index (χ4v) is 13.0. The van der Waals surface area contributed by atoms with Crippen LogP contribution in [0, 0.1) is 49.7 Å². The minimum Gasteiger partial charge on any atom is -0.504 e. The van der Waals surface area contributed by atoms with Gasteiger partial charge in [-0.25, -0.2) is 4.79 Å². The van der Waals surface area contributed by atoms with Gasteiger partial charge in [-0.1, -0.05) is 73.1 Å². The molecule has 0 radical (unpaired) electrons. The van der Waals surface area contributed by atoms with Crippen molar-refractivity contribution in [3.63, 3.8) is 0 Å². The number of esters is 1. The highest BCUT2D eigenvalue weighted by atomic mass is 16.6. The van der Waals surface area contributed by atoms with Crippen molar-refractivity contribution in [3.8, 4) is 11.5 Å². The number of aliphatic hydroxyl groups is 1. The number of carbonyl (C=O) groups is 2. The lowest BCUT2D eigenvalue weighted by molar-refractivity contribution is -0.241. The monoisotopic (exact) mass is 662 g/mol. The molecule has 6 rings (SSSR count). The maximum atomic E-state index is 13.2. The fraction of sp³-hybridized carbons (Fsp3) is 0.707. The molecule has 5 aliphatic carbocycles. The molecule has 4 fully saturated rings. The van der Waals surface area contributed by atoms with Crippen molar-refractivity contribution < 1.29 is 34.4 Å². The molecule has 1 aromatic carbocycles. The smallest absolute Gasteiger partial charge is 0.331 e.